The molecule has 17 heavy (non-hydrogen) atoms. The Morgan fingerprint density at radius 2 is 2.00 bits per heavy atom. The van der Waals surface area contributed by atoms with E-state index in [4.69, 9.17) is 5.73 Å². The van der Waals surface area contributed by atoms with E-state index in [-0.39, 0.29) is 0 Å². The van der Waals surface area contributed by atoms with Crippen molar-refractivity contribution < 1.29 is 0 Å². The summed E-state index contributed by atoms with van der Waals surface area (Å²) in [6.45, 7) is 9.49. The van der Waals surface area contributed by atoms with E-state index in [2.05, 4.69) is 25.7 Å². The van der Waals surface area contributed by atoms with E-state index < -0.39 is 0 Å². The molecule has 2 N–H and O–H groups in total. The van der Waals surface area contributed by atoms with Gasteiger partial charge in [0.25, 0.3) is 0 Å². The maximum atomic E-state index is 5.78. The zero-order chi connectivity index (χ0) is 12.5. The van der Waals surface area contributed by atoms with E-state index in [1.165, 1.54) is 45.1 Å². The van der Waals surface area contributed by atoms with Crippen LogP contribution >= 0.6 is 0 Å². The molecule has 1 heterocycles. The minimum atomic E-state index is 0.550. The molecule has 2 nitrogen and oxygen atoms in total. The van der Waals surface area contributed by atoms with Crippen molar-refractivity contribution >= 4 is 0 Å². The summed E-state index contributed by atoms with van der Waals surface area (Å²) in [7, 11) is 0. The van der Waals surface area contributed by atoms with Gasteiger partial charge in [-0.15, -0.1) is 0 Å². The molecule has 3 atom stereocenters. The molecule has 1 aliphatic heterocycles. The Kier molecular flexibility index (Phi) is 4.14. The van der Waals surface area contributed by atoms with Gasteiger partial charge in [0.15, 0.2) is 0 Å². The van der Waals surface area contributed by atoms with Gasteiger partial charge < -0.3 is 5.73 Å². The van der Waals surface area contributed by atoms with Crippen molar-refractivity contribution in [3.05, 3.63) is 0 Å². The first kappa shape index (κ1) is 13.4. The quantitative estimate of drug-likeness (QED) is 0.819. The highest BCUT2D eigenvalue weighted by molar-refractivity contribution is 4.95. The van der Waals surface area contributed by atoms with Crippen LogP contribution in [0.2, 0.25) is 0 Å². The van der Waals surface area contributed by atoms with E-state index in [1.54, 1.807) is 0 Å². The van der Waals surface area contributed by atoms with Gasteiger partial charge in [-0.2, -0.15) is 0 Å². The van der Waals surface area contributed by atoms with Gasteiger partial charge in [-0.1, -0.05) is 27.2 Å². The molecular formula is C15H30N2. The molecule has 0 aromatic heterocycles. The summed E-state index contributed by atoms with van der Waals surface area (Å²) in [6, 6.07) is 1.59. The molecule has 1 saturated heterocycles. The maximum absolute atomic E-state index is 5.78. The molecule has 0 amide bonds. The lowest BCUT2D eigenvalue weighted by Crippen LogP contribution is -2.48. The lowest BCUT2D eigenvalue weighted by Gasteiger charge is -2.42. The molecule has 3 unspecified atom stereocenters. The molecule has 2 rings (SSSR count). The van der Waals surface area contributed by atoms with Crippen LogP contribution in [0, 0.1) is 11.3 Å². The average Bonchev–Trinajstić information content (AvgIpc) is 2.53. The molecule has 0 bridgehead atoms. The number of hydrogen-bond acceptors (Lipinski definition) is 2. The van der Waals surface area contributed by atoms with Crippen LogP contribution in [0.25, 0.3) is 0 Å². The molecule has 100 valence electrons. The van der Waals surface area contributed by atoms with Crippen LogP contribution in [0.3, 0.4) is 0 Å². The van der Waals surface area contributed by atoms with Gasteiger partial charge in [0.2, 0.25) is 0 Å². The molecule has 1 aliphatic carbocycles. The first-order chi connectivity index (χ1) is 8.03. The minimum Gasteiger partial charge on any atom is -0.330 e. The topological polar surface area (TPSA) is 29.3 Å². The molecule has 1 saturated carbocycles. The van der Waals surface area contributed by atoms with Gasteiger partial charge in [0.1, 0.15) is 0 Å². The van der Waals surface area contributed by atoms with Crippen molar-refractivity contribution in [3.63, 3.8) is 0 Å². The third-order valence-corrected chi connectivity index (χ3v) is 4.89. The van der Waals surface area contributed by atoms with Gasteiger partial charge in [0, 0.05) is 12.1 Å². The fourth-order valence-electron chi connectivity index (χ4n) is 4.26. The van der Waals surface area contributed by atoms with Crippen LogP contribution in [0.1, 0.15) is 59.3 Å². The van der Waals surface area contributed by atoms with E-state index in [0.29, 0.717) is 5.41 Å². The zero-order valence-electron chi connectivity index (χ0n) is 11.9. The summed E-state index contributed by atoms with van der Waals surface area (Å²) < 4.78 is 0. The Labute approximate surface area is 107 Å². The molecule has 0 aromatic carbocycles. The number of rotatable bonds is 3. The predicted octanol–water partition coefficient (Wildman–Crippen LogP) is 3.01. The van der Waals surface area contributed by atoms with Crippen molar-refractivity contribution in [3.8, 4) is 0 Å². The summed E-state index contributed by atoms with van der Waals surface area (Å²) >= 11 is 0. The van der Waals surface area contributed by atoms with Gasteiger partial charge in [-0.3, -0.25) is 4.90 Å². The van der Waals surface area contributed by atoms with Gasteiger partial charge >= 0.3 is 0 Å². The Hall–Kier alpha value is -0.0800. The first-order valence-electron chi connectivity index (χ1n) is 7.49. The second kappa shape index (κ2) is 5.27. The van der Waals surface area contributed by atoms with Crippen molar-refractivity contribution in [2.45, 2.75) is 71.4 Å². The Morgan fingerprint density at radius 3 is 2.59 bits per heavy atom. The summed E-state index contributed by atoms with van der Waals surface area (Å²) in [5, 5.41) is 0. The molecule has 2 aliphatic rings. The Bertz CT molecular complexity index is 247. The van der Waals surface area contributed by atoms with Crippen LogP contribution in [-0.4, -0.2) is 30.1 Å². The van der Waals surface area contributed by atoms with Crippen molar-refractivity contribution in [1.29, 1.82) is 0 Å². The van der Waals surface area contributed by atoms with Crippen molar-refractivity contribution in [2.75, 3.05) is 13.1 Å². The van der Waals surface area contributed by atoms with E-state index in [1.807, 2.05) is 0 Å². The summed E-state index contributed by atoms with van der Waals surface area (Å²) in [4.78, 5) is 2.82. The smallest absolute Gasteiger partial charge is 0.0129 e. The predicted molar refractivity (Wildman–Crippen MR) is 74.0 cm³/mol. The van der Waals surface area contributed by atoms with Crippen LogP contribution in [0.5, 0.6) is 0 Å². The SMILES string of the molecule is CC1CC(C)(C)CC1N1CCCCC1CCN. The minimum absolute atomic E-state index is 0.550. The van der Waals surface area contributed by atoms with Crippen molar-refractivity contribution in [1.82, 2.24) is 4.90 Å². The second-order valence-corrected chi connectivity index (χ2v) is 7.08. The first-order valence-corrected chi connectivity index (χ1v) is 7.49. The highest BCUT2D eigenvalue weighted by Crippen LogP contribution is 2.44. The molecular weight excluding hydrogens is 208 g/mol. The molecule has 0 aromatic rings. The normalized spacial score (nSPS) is 38.5. The third kappa shape index (κ3) is 3.03. The van der Waals surface area contributed by atoms with Gasteiger partial charge in [0.05, 0.1) is 0 Å². The number of piperidine rings is 1. The highest BCUT2D eigenvalue weighted by Gasteiger charge is 2.41. The Morgan fingerprint density at radius 1 is 1.24 bits per heavy atom. The van der Waals surface area contributed by atoms with Crippen LogP contribution in [0.15, 0.2) is 0 Å². The highest BCUT2D eigenvalue weighted by atomic mass is 15.2. The lowest BCUT2D eigenvalue weighted by molar-refractivity contribution is 0.0704. The average molecular weight is 238 g/mol. The van der Waals surface area contributed by atoms with E-state index >= 15 is 0 Å². The monoisotopic (exact) mass is 238 g/mol. The lowest BCUT2D eigenvalue weighted by atomic mass is 9.90. The molecule has 2 heteroatoms. The van der Waals surface area contributed by atoms with Gasteiger partial charge in [-0.25, -0.2) is 0 Å². The van der Waals surface area contributed by atoms with Gasteiger partial charge in [-0.05, 0) is 56.5 Å². The summed E-state index contributed by atoms with van der Waals surface area (Å²) in [5.74, 6) is 0.864. The number of nitrogens with two attached hydrogens (primary N) is 1. The fourth-order valence-corrected chi connectivity index (χ4v) is 4.26. The number of likely N-dealkylation sites (tertiary alicyclic amines) is 1. The van der Waals surface area contributed by atoms with Crippen LogP contribution in [0.4, 0.5) is 0 Å². The summed E-state index contributed by atoms with van der Waals surface area (Å²) in [6.07, 6.45) is 8.15. The number of hydrogen-bond donors (Lipinski definition) is 1. The largest absolute Gasteiger partial charge is 0.330 e. The van der Waals surface area contributed by atoms with Crippen molar-refractivity contribution in [2.24, 2.45) is 17.1 Å². The maximum Gasteiger partial charge on any atom is 0.0129 e. The molecule has 0 radical (unpaired) electrons. The molecule has 2 fully saturated rings. The van der Waals surface area contributed by atoms with Crippen LogP contribution < -0.4 is 5.73 Å². The summed E-state index contributed by atoms with van der Waals surface area (Å²) in [5.41, 5.74) is 6.33. The standard InChI is InChI=1S/C15H30N2/c1-12-10-15(2,3)11-14(12)17-9-5-4-6-13(17)7-8-16/h12-14H,4-11,16H2,1-3H3. The fraction of sp³-hybridized carbons (Fsp3) is 1.00. The van der Waals surface area contributed by atoms with E-state index in [0.717, 1.165) is 24.5 Å². The van der Waals surface area contributed by atoms with Crippen LogP contribution in [-0.2, 0) is 0 Å². The molecule has 0 spiro atoms. The second-order valence-electron chi connectivity index (χ2n) is 7.08. The zero-order valence-corrected chi connectivity index (χ0v) is 11.9. The number of nitrogens with zero attached hydrogens (tertiary/aromatic N) is 1. The Balaban J connectivity index is 2.03. The van der Waals surface area contributed by atoms with E-state index in [9.17, 15) is 0 Å². The third-order valence-electron chi connectivity index (χ3n) is 4.89.